The van der Waals surface area contributed by atoms with Gasteiger partial charge in [-0.2, -0.15) is 0 Å². The van der Waals surface area contributed by atoms with E-state index in [0.29, 0.717) is 10.4 Å². The van der Waals surface area contributed by atoms with Crippen LogP contribution in [0.1, 0.15) is 6.92 Å². The third-order valence-electron chi connectivity index (χ3n) is 1.53. The molecule has 0 aromatic carbocycles. The SMILES string of the molecule is C/C(=N\c1cnc(Br)cn1)N(C)C. The molecule has 13 heavy (non-hydrogen) atoms. The largest absolute Gasteiger partial charge is 0.366 e. The van der Waals surface area contributed by atoms with Crippen molar-refractivity contribution in [1.29, 1.82) is 0 Å². The van der Waals surface area contributed by atoms with Crippen LogP contribution in [-0.4, -0.2) is 34.8 Å². The van der Waals surface area contributed by atoms with E-state index >= 15 is 0 Å². The molecule has 1 aromatic heterocycles. The van der Waals surface area contributed by atoms with E-state index in [9.17, 15) is 0 Å². The first-order valence-electron chi connectivity index (χ1n) is 3.80. The van der Waals surface area contributed by atoms with Gasteiger partial charge in [0.25, 0.3) is 0 Å². The Morgan fingerprint density at radius 2 is 2.08 bits per heavy atom. The topological polar surface area (TPSA) is 41.4 Å². The summed E-state index contributed by atoms with van der Waals surface area (Å²) in [4.78, 5) is 14.3. The summed E-state index contributed by atoms with van der Waals surface area (Å²) >= 11 is 3.21. The summed E-state index contributed by atoms with van der Waals surface area (Å²) in [5, 5.41) is 0. The minimum absolute atomic E-state index is 0.620. The molecule has 1 rings (SSSR count). The van der Waals surface area contributed by atoms with Gasteiger partial charge in [-0.3, -0.25) is 0 Å². The summed E-state index contributed by atoms with van der Waals surface area (Å²) in [5.41, 5.74) is 0. The first-order chi connectivity index (χ1) is 6.09. The maximum Gasteiger partial charge on any atom is 0.172 e. The zero-order valence-corrected chi connectivity index (χ0v) is 9.41. The summed E-state index contributed by atoms with van der Waals surface area (Å²) < 4.78 is 0.717. The lowest BCUT2D eigenvalue weighted by molar-refractivity contribution is 0.618. The third-order valence-corrected chi connectivity index (χ3v) is 1.94. The average Bonchev–Trinajstić information content (AvgIpc) is 2.08. The predicted molar refractivity (Wildman–Crippen MR) is 56.2 cm³/mol. The van der Waals surface area contributed by atoms with Gasteiger partial charge >= 0.3 is 0 Å². The molecule has 0 spiro atoms. The molecule has 0 fully saturated rings. The Balaban J connectivity index is 2.85. The van der Waals surface area contributed by atoms with E-state index in [-0.39, 0.29) is 0 Å². The fourth-order valence-electron chi connectivity index (χ4n) is 0.629. The Bertz CT molecular complexity index is 304. The number of hydrogen-bond acceptors (Lipinski definition) is 3. The molecule has 70 valence electrons. The van der Waals surface area contributed by atoms with Crippen LogP contribution >= 0.6 is 15.9 Å². The fourth-order valence-corrected chi connectivity index (χ4v) is 0.834. The first kappa shape index (κ1) is 10.1. The Morgan fingerprint density at radius 1 is 1.38 bits per heavy atom. The van der Waals surface area contributed by atoms with Gasteiger partial charge in [0.05, 0.1) is 12.4 Å². The predicted octanol–water partition coefficient (Wildman–Crippen LogP) is 1.85. The number of hydrogen-bond donors (Lipinski definition) is 0. The van der Waals surface area contributed by atoms with Crippen molar-refractivity contribution in [2.45, 2.75) is 6.92 Å². The molecule has 0 N–H and O–H groups in total. The van der Waals surface area contributed by atoms with Crippen LogP contribution in [0.5, 0.6) is 0 Å². The lowest BCUT2D eigenvalue weighted by Gasteiger charge is -2.10. The minimum Gasteiger partial charge on any atom is -0.366 e. The maximum absolute atomic E-state index is 4.25. The van der Waals surface area contributed by atoms with Gasteiger partial charge in [-0.15, -0.1) is 0 Å². The van der Waals surface area contributed by atoms with Crippen LogP contribution in [0.4, 0.5) is 5.82 Å². The summed E-state index contributed by atoms with van der Waals surface area (Å²) in [6, 6.07) is 0. The van der Waals surface area contributed by atoms with Gasteiger partial charge in [-0.1, -0.05) is 0 Å². The second kappa shape index (κ2) is 4.32. The Hall–Kier alpha value is -0.970. The highest BCUT2D eigenvalue weighted by Gasteiger charge is 1.96. The summed E-state index contributed by atoms with van der Waals surface area (Å²) in [5.74, 6) is 1.52. The lowest BCUT2D eigenvalue weighted by atomic mass is 10.6. The lowest BCUT2D eigenvalue weighted by Crippen LogP contribution is -2.17. The highest BCUT2D eigenvalue weighted by atomic mass is 79.9. The zero-order valence-electron chi connectivity index (χ0n) is 7.82. The molecule has 5 heteroatoms. The number of rotatable bonds is 1. The quantitative estimate of drug-likeness (QED) is 0.558. The third kappa shape index (κ3) is 3.10. The average molecular weight is 243 g/mol. The number of aromatic nitrogens is 2. The van der Waals surface area contributed by atoms with E-state index in [4.69, 9.17) is 0 Å². The Kier molecular flexibility index (Phi) is 3.36. The van der Waals surface area contributed by atoms with Gasteiger partial charge in [0, 0.05) is 14.1 Å². The molecule has 0 atom stereocenters. The number of halogens is 1. The van der Waals surface area contributed by atoms with E-state index in [1.807, 2.05) is 25.9 Å². The molecule has 0 bridgehead atoms. The van der Waals surface area contributed by atoms with Crippen molar-refractivity contribution < 1.29 is 0 Å². The summed E-state index contributed by atoms with van der Waals surface area (Å²) in [7, 11) is 3.87. The minimum atomic E-state index is 0.620. The van der Waals surface area contributed by atoms with Gasteiger partial charge in [-0.25, -0.2) is 15.0 Å². The molecule has 0 aliphatic rings. The van der Waals surface area contributed by atoms with Crippen molar-refractivity contribution in [3.05, 3.63) is 17.0 Å². The van der Waals surface area contributed by atoms with Gasteiger partial charge in [0.15, 0.2) is 5.82 Å². The highest BCUT2D eigenvalue weighted by Crippen LogP contribution is 2.09. The molecule has 0 radical (unpaired) electrons. The van der Waals surface area contributed by atoms with Crippen LogP contribution in [0.3, 0.4) is 0 Å². The van der Waals surface area contributed by atoms with E-state index in [0.717, 1.165) is 5.84 Å². The molecule has 1 aromatic rings. The van der Waals surface area contributed by atoms with Gasteiger partial charge < -0.3 is 4.90 Å². The van der Waals surface area contributed by atoms with Crippen molar-refractivity contribution in [1.82, 2.24) is 14.9 Å². The van der Waals surface area contributed by atoms with Crippen molar-refractivity contribution in [2.75, 3.05) is 14.1 Å². The molecule has 0 aliphatic heterocycles. The molecule has 0 saturated heterocycles. The zero-order chi connectivity index (χ0) is 9.84. The monoisotopic (exact) mass is 242 g/mol. The molecular formula is C8H11BrN4. The highest BCUT2D eigenvalue weighted by molar-refractivity contribution is 9.10. The summed E-state index contributed by atoms with van der Waals surface area (Å²) in [6.07, 6.45) is 3.25. The van der Waals surface area contributed by atoms with Crippen LogP contribution in [0.15, 0.2) is 22.0 Å². The van der Waals surface area contributed by atoms with Gasteiger partial charge in [-0.05, 0) is 22.9 Å². The second-order valence-corrected chi connectivity index (χ2v) is 3.56. The van der Waals surface area contributed by atoms with Crippen LogP contribution < -0.4 is 0 Å². The first-order valence-corrected chi connectivity index (χ1v) is 4.59. The van der Waals surface area contributed by atoms with E-state index in [1.165, 1.54) is 0 Å². The Labute approximate surface area is 85.9 Å². The van der Waals surface area contributed by atoms with Crippen LogP contribution in [0.2, 0.25) is 0 Å². The summed E-state index contributed by atoms with van der Waals surface area (Å²) in [6.45, 7) is 1.92. The number of aliphatic imine (C=N–C) groups is 1. The van der Waals surface area contributed by atoms with Crippen LogP contribution in [-0.2, 0) is 0 Å². The molecule has 4 nitrogen and oxygen atoms in total. The normalized spacial score (nSPS) is 11.5. The molecule has 1 heterocycles. The molecule has 0 amide bonds. The van der Waals surface area contributed by atoms with Crippen molar-refractivity contribution in [3.63, 3.8) is 0 Å². The van der Waals surface area contributed by atoms with Crippen molar-refractivity contribution in [2.24, 2.45) is 4.99 Å². The van der Waals surface area contributed by atoms with E-state index in [1.54, 1.807) is 12.4 Å². The van der Waals surface area contributed by atoms with Gasteiger partial charge in [0.2, 0.25) is 0 Å². The fraction of sp³-hybridized carbons (Fsp3) is 0.375. The van der Waals surface area contributed by atoms with Crippen LogP contribution in [0.25, 0.3) is 0 Å². The molecule has 0 unspecified atom stereocenters. The molecular weight excluding hydrogens is 232 g/mol. The number of amidine groups is 1. The molecule has 0 saturated carbocycles. The smallest absolute Gasteiger partial charge is 0.172 e. The standard InChI is InChI=1S/C8H11BrN4/c1-6(13(2)3)12-8-5-10-7(9)4-11-8/h4-5H,1-3H3/b12-6+. The molecule has 0 aliphatic carbocycles. The Morgan fingerprint density at radius 3 is 2.54 bits per heavy atom. The van der Waals surface area contributed by atoms with Gasteiger partial charge in [0.1, 0.15) is 10.4 Å². The van der Waals surface area contributed by atoms with Crippen molar-refractivity contribution in [3.8, 4) is 0 Å². The van der Waals surface area contributed by atoms with Crippen molar-refractivity contribution >= 4 is 27.6 Å². The van der Waals surface area contributed by atoms with E-state index in [2.05, 4.69) is 30.9 Å². The second-order valence-electron chi connectivity index (χ2n) is 2.75. The number of nitrogens with zero attached hydrogens (tertiary/aromatic N) is 4. The van der Waals surface area contributed by atoms with Crippen LogP contribution in [0, 0.1) is 0 Å². The maximum atomic E-state index is 4.25. The van der Waals surface area contributed by atoms with E-state index < -0.39 is 0 Å².